The fourth-order valence-corrected chi connectivity index (χ4v) is 4.35. The van der Waals surface area contributed by atoms with Gasteiger partial charge in [0, 0.05) is 13.1 Å². The van der Waals surface area contributed by atoms with Gasteiger partial charge in [-0.15, -0.1) is 0 Å². The molecular formula is C15H22FNO3S. The Morgan fingerprint density at radius 1 is 1.33 bits per heavy atom. The van der Waals surface area contributed by atoms with E-state index >= 15 is 0 Å². The summed E-state index contributed by atoms with van der Waals surface area (Å²) in [5.41, 5.74) is 0.395. The van der Waals surface area contributed by atoms with Crippen LogP contribution in [-0.4, -0.2) is 30.9 Å². The molecule has 0 atom stereocenters. The van der Waals surface area contributed by atoms with E-state index in [1.165, 1.54) is 16.4 Å². The second kappa shape index (κ2) is 6.42. The van der Waals surface area contributed by atoms with Crippen molar-refractivity contribution in [2.75, 3.05) is 13.1 Å². The smallest absolute Gasteiger partial charge is 0.245 e. The van der Waals surface area contributed by atoms with Gasteiger partial charge < -0.3 is 5.11 Å². The third kappa shape index (κ3) is 3.44. The normalized spacial score (nSPS) is 18.3. The van der Waals surface area contributed by atoms with Crippen molar-refractivity contribution < 1.29 is 17.9 Å². The van der Waals surface area contributed by atoms with Crippen molar-refractivity contribution in [1.29, 1.82) is 0 Å². The number of sulfonamides is 1. The molecule has 1 aromatic carbocycles. The second-order valence-electron chi connectivity index (χ2n) is 5.91. The molecule has 2 rings (SSSR count). The Labute approximate surface area is 125 Å². The summed E-state index contributed by atoms with van der Waals surface area (Å²) in [6.07, 6.45) is 1.61. The zero-order chi connectivity index (χ0) is 15.6. The average Bonchev–Trinajstić information content (AvgIpc) is 2.47. The molecule has 0 unspecified atom stereocenters. The van der Waals surface area contributed by atoms with Gasteiger partial charge in [0.25, 0.3) is 0 Å². The van der Waals surface area contributed by atoms with Gasteiger partial charge in [0.2, 0.25) is 10.0 Å². The van der Waals surface area contributed by atoms with Crippen molar-refractivity contribution in [1.82, 2.24) is 4.31 Å². The molecule has 0 spiro atoms. The molecule has 1 aliphatic rings. The lowest BCUT2D eigenvalue weighted by Gasteiger charge is -2.33. The Kier molecular flexibility index (Phi) is 5.01. The van der Waals surface area contributed by atoms with Gasteiger partial charge in [-0.3, -0.25) is 0 Å². The first-order chi connectivity index (χ1) is 9.86. The summed E-state index contributed by atoms with van der Waals surface area (Å²) in [6.45, 7) is 4.82. The minimum Gasteiger partial charge on any atom is -0.392 e. The number of hydrogen-bond acceptors (Lipinski definition) is 3. The molecule has 21 heavy (non-hydrogen) atoms. The number of piperidine rings is 1. The minimum atomic E-state index is -3.83. The first kappa shape index (κ1) is 16.4. The van der Waals surface area contributed by atoms with E-state index in [2.05, 4.69) is 13.8 Å². The lowest BCUT2D eigenvalue weighted by Crippen LogP contribution is -2.39. The Balaban J connectivity index is 2.23. The number of halogens is 1. The van der Waals surface area contributed by atoms with Gasteiger partial charge in [0.15, 0.2) is 0 Å². The highest BCUT2D eigenvalue weighted by atomic mass is 32.2. The summed E-state index contributed by atoms with van der Waals surface area (Å²) in [4.78, 5) is -0.336. The first-order valence-corrected chi connectivity index (χ1v) is 8.69. The molecule has 0 aliphatic carbocycles. The maximum Gasteiger partial charge on any atom is 0.245 e. The molecule has 1 heterocycles. The summed E-state index contributed by atoms with van der Waals surface area (Å²) >= 11 is 0. The van der Waals surface area contributed by atoms with E-state index in [9.17, 15) is 12.8 Å². The molecule has 6 heteroatoms. The average molecular weight is 315 g/mol. The van der Waals surface area contributed by atoms with E-state index < -0.39 is 15.8 Å². The van der Waals surface area contributed by atoms with Gasteiger partial charge in [-0.25, -0.2) is 12.8 Å². The highest BCUT2D eigenvalue weighted by Gasteiger charge is 2.32. The van der Waals surface area contributed by atoms with Crippen LogP contribution < -0.4 is 0 Å². The Morgan fingerprint density at radius 3 is 2.48 bits per heavy atom. The van der Waals surface area contributed by atoms with E-state index in [0.29, 0.717) is 30.5 Å². The van der Waals surface area contributed by atoms with E-state index in [0.717, 1.165) is 18.9 Å². The van der Waals surface area contributed by atoms with Gasteiger partial charge in [0.05, 0.1) is 6.61 Å². The lowest BCUT2D eigenvalue weighted by molar-refractivity contribution is 0.226. The SMILES string of the molecule is CC(C)C1CCN(S(=O)(=O)c2cc(CO)ccc2F)CC1. The van der Waals surface area contributed by atoms with Crippen LogP contribution >= 0.6 is 0 Å². The molecule has 4 nitrogen and oxygen atoms in total. The van der Waals surface area contributed by atoms with Crippen LogP contribution in [0.25, 0.3) is 0 Å². The van der Waals surface area contributed by atoms with Crippen LogP contribution in [0.4, 0.5) is 4.39 Å². The zero-order valence-corrected chi connectivity index (χ0v) is 13.2. The van der Waals surface area contributed by atoms with Crippen LogP contribution in [0, 0.1) is 17.7 Å². The summed E-state index contributed by atoms with van der Waals surface area (Å²) in [7, 11) is -3.83. The largest absolute Gasteiger partial charge is 0.392 e. The fraction of sp³-hybridized carbons (Fsp3) is 0.600. The number of aliphatic hydroxyl groups excluding tert-OH is 1. The molecule has 0 amide bonds. The maximum atomic E-state index is 13.9. The second-order valence-corrected chi connectivity index (χ2v) is 7.81. The number of rotatable bonds is 4. The molecule has 1 fully saturated rings. The summed E-state index contributed by atoms with van der Waals surface area (Å²) in [5.74, 6) is 0.285. The van der Waals surface area contributed by atoms with Crippen molar-refractivity contribution in [3.05, 3.63) is 29.6 Å². The zero-order valence-electron chi connectivity index (χ0n) is 12.4. The molecule has 1 aromatic rings. The van der Waals surface area contributed by atoms with E-state index in [1.807, 2.05) is 0 Å². The van der Waals surface area contributed by atoms with Gasteiger partial charge in [-0.1, -0.05) is 19.9 Å². The van der Waals surface area contributed by atoms with Gasteiger partial charge >= 0.3 is 0 Å². The predicted molar refractivity (Wildman–Crippen MR) is 78.6 cm³/mol. The topological polar surface area (TPSA) is 57.6 Å². The minimum absolute atomic E-state index is 0.307. The number of aliphatic hydroxyl groups is 1. The molecule has 1 aliphatic heterocycles. The van der Waals surface area contributed by atoms with Crippen LogP contribution in [0.3, 0.4) is 0 Å². The van der Waals surface area contributed by atoms with E-state index in [1.54, 1.807) is 0 Å². The number of nitrogens with zero attached hydrogens (tertiary/aromatic N) is 1. The van der Waals surface area contributed by atoms with Crippen LogP contribution in [-0.2, 0) is 16.6 Å². The third-order valence-corrected chi connectivity index (χ3v) is 6.15. The number of benzene rings is 1. The molecule has 0 radical (unpaired) electrons. The molecule has 0 aromatic heterocycles. The predicted octanol–water partition coefficient (Wildman–Crippen LogP) is 2.37. The lowest BCUT2D eigenvalue weighted by atomic mass is 9.87. The summed E-state index contributed by atoms with van der Waals surface area (Å²) in [6, 6.07) is 3.71. The van der Waals surface area contributed by atoms with E-state index in [-0.39, 0.29) is 11.5 Å². The highest BCUT2D eigenvalue weighted by Crippen LogP contribution is 2.29. The monoisotopic (exact) mass is 315 g/mol. The standard InChI is InChI=1S/C15H22FNO3S/c1-11(2)13-5-7-17(8-6-13)21(19,20)15-9-12(10-18)3-4-14(15)16/h3-4,9,11,13,18H,5-8,10H2,1-2H3. The van der Waals surface area contributed by atoms with Crippen LogP contribution in [0.2, 0.25) is 0 Å². The van der Waals surface area contributed by atoms with E-state index in [4.69, 9.17) is 5.11 Å². The van der Waals surface area contributed by atoms with Crippen LogP contribution in [0.1, 0.15) is 32.3 Å². The van der Waals surface area contributed by atoms with Crippen molar-refractivity contribution in [3.8, 4) is 0 Å². The highest BCUT2D eigenvalue weighted by molar-refractivity contribution is 7.89. The van der Waals surface area contributed by atoms with Gasteiger partial charge in [0.1, 0.15) is 10.7 Å². The van der Waals surface area contributed by atoms with Gasteiger partial charge in [-0.2, -0.15) is 4.31 Å². The molecule has 1 saturated heterocycles. The molecule has 0 saturated carbocycles. The third-order valence-electron chi connectivity index (χ3n) is 4.24. The number of hydrogen-bond donors (Lipinski definition) is 1. The Bertz CT molecular complexity index is 593. The first-order valence-electron chi connectivity index (χ1n) is 7.25. The fourth-order valence-electron chi connectivity index (χ4n) is 2.77. The van der Waals surface area contributed by atoms with Crippen LogP contribution in [0.5, 0.6) is 0 Å². The van der Waals surface area contributed by atoms with Gasteiger partial charge in [-0.05, 0) is 42.4 Å². The van der Waals surface area contributed by atoms with Crippen molar-refractivity contribution in [3.63, 3.8) is 0 Å². The Hall–Kier alpha value is -0.980. The maximum absolute atomic E-state index is 13.9. The van der Waals surface area contributed by atoms with Crippen LogP contribution in [0.15, 0.2) is 23.1 Å². The molecule has 0 bridgehead atoms. The summed E-state index contributed by atoms with van der Waals surface area (Å²) < 4.78 is 40.3. The van der Waals surface area contributed by atoms with Crippen molar-refractivity contribution >= 4 is 10.0 Å². The summed E-state index contributed by atoms with van der Waals surface area (Å²) in [5, 5.41) is 9.09. The molecular weight excluding hydrogens is 293 g/mol. The quantitative estimate of drug-likeness (QED) is 0.928. The van der Waals surface area contributed by atoms with Crippen molar-refractivity contribution in [2.24, 2.45) is 11.8 Å². The molecule has 1 N–H and O–H groups in total. The molecule has 118 valence electrons. The Morgan fingerprint density at radius 2 is 1.95 bits per heavy atom. The van der Waals surface area contributed by atoms with Crippen molar-refractivity contribution in [2.45, 2.75) is 38.2 Å².